The molecule has 0 bridgehead atoms. The number of aromatic nitrogens is 3. The van der Waals surface area contributed by atoms with Gasteiger partial charge in [-0.3, -0.25) is 4.90 Å². The van der Waals surface area contributed by atoms with Gasteiger partial charge in [-0.25, -0.2) is 14.3 Å². The minimum absolute atomic E-state index is 0.363. The molecule has 0 aliphatic carbocycles. The van der Waals surface area contributed by atoms with Gasteiger partial charge in [-0.2, -0.15) is 0 Å². The lowest BCUT2D eigenvalue weighted by atomic mass is 10.3. The molecule has 6 heteroatoms. The summed E-state index contributed by atoms with van der Waals surface area (Å²) in [5.41, 5.74) is 1.23. The van der Waals surface area contributed by atoms with Crippen LogP contribution in [0.25, 0.3) is 5.65 Å². The number of rotatable bonds is 3. The van der Waals surface area contributed by atoms with E-state index in [0.717, 1.165) is 31.1 Å². The number of methoxy groups -OCH3 is 1. The van der Waals surface area contributed by atoms with Crippen molar-refractivity contribution < 1.29 is 9.53 Å². The molecular weight excluding hydrogens is 244 g/mol. The van der Waals surface area contributed by atoms with Gasteiger partial charge >= 0.3 is 5.97 Å². The Bertz CT molecular complexity index is 602. The first-order valence-electron chi connectivity index (χ1n) is 6.42. The maximum absolute atomic E-state index is 11.5. The Morgan fingerprint density at radius 3 is 2.89 bits per heavy atom. The lowest BCUT2D eigenvalue weighted by Gasteiger charge is -2.10. The van der Waals surface area contributed by atoms with Gasteiger partial charge < -0.3 is 4.74 Å². The van der Waals surface area contributed by atoms with Crippen molar-refractivity contribution in [1.82, 2.24) is 19.5 Å². The van der Waals surface area contributed by atoms with E-state index < -0.39 is 0 Å². The fourth-order valence-electron chi connectivity index (χ4n) is 2.38. The molecule has 1 fully saturated rings. The highest BCUT2D eigenvalue weighted by Gasteiger charge is 2.15. The topological polar surface area (TPSA) is 59.7 Å². The first-order chi connectivity index (χ1) is 9.26. The fraction of sp³-hybridized carbons (Fsp3) is 0.462. The summed E-state index contributed by atoms with van der Waals surface area (Å²) < 4.78 is 6.33. The fourth-order valence-corrected chi connectivity index (χ4v) is 2.38. The average Bonchev–Trinajstić information content (AvgIpc) is 3.05. The van der Waals surface area contributed by atoms with E-state index in [-0.39, 0.29) is 5.97 Å². The van der Waals surface area contributed by atoms with E-state index >= 15 is 0 Å². The molecule has 1 saturated heterocycles. The highest BCUT2D eigenvalue weighted by atomic mass is 16.5. The molecule has 100 valence electrons. The molecule has 0 amide bonds. The third kappa shape index (κ3) is 2.44. The molecule has 0 radical (unpaired) electrons. The zero-order chi connectivity index (χ0) is 13.2. The van der Waals surface area contributed by atoms with Crippen molar-refractivity contribution in [3.63, 3.8) is 0 Å². The Balaban J connectivity index is 1.85. The van der Waals surface area contributed by atoms with Crippen LogP contribution < -0.4 is 0 Å². The van der Waals surface area contributed by atoms with E-state index in [1.807, 2.05) is 0 Å². The molecule has 3 heterocycles. The third-order valence-electron chi connectivity index (χ3n) is 3.36. The van der Waals surface area contributed by atoms with Gasteiger partial charge in [0.25, 0.3) is 0 Å². The van der Waals surface area contributed by atoms with Crippen molar-refractivity contribution in [1.29, 1.82) is 0 Å². The zero-order valence-corrected chi connectivity index (χ0v) is 10.9. The maximum atomic E-state index is 11.5. The van der Waals surface area contributed by atoms with Crippen LogP contribution >= 0.6 is 0 Å². The lowest BCUT2D eigenvalue weighted by Crippen LogP contribution is -2.19. The van der Waals surface area contributed by atoms with E-state index in [4.69, 9.17) is 4.74 Å². The Labute approximate surface area is 111 Å². The van der Waals surface area contributed by atoms with Crippen LogP contribution in [0.4, 0.5) is 0 Å². The molecule has 2 aromatic rings. The highest BCUT2D eigenvalue weighted by molar-refractivity contribution is 5.89. The first-order valence-corrected chi connectivity index (χ1v) is 6.42. The molecule has 0 spiro atoms. The Morgan fingerprint density at radius 1 is 1.37 bits per heavy atom. The first kappa shape index (κ1) is 12.1. The van der Waals surface area contributed by atoms with Crippen molar-refractivity contribution in [2.75, 3.05) is 20.2 Å². The summed E-state index contributed by atoms with van der Waals surface area (Å²) in [6.45, 7) is 3.00. The third-order valence-corrected chi connectivity index (χ3v) is 3.36. The van der Waals surface area contributed by atoms with Gasteiger partial charge in [0.05, 0.1) is 19.2 Å². The number of esters is 1. The molecule has 0 aromatic carbocycles. The molecule has 0 atom stereocenters. The second-order valence-electron chi connectivity index (χ2n) is 4.72. The summed E-state index contributed by atoms with van der Waals surface area (Å²) in [5.74, 6) is 0.433. The zero-order valence-electron chi connectivity index (χ0n) is 10.9. The smallest absolute Gasteiger partial charge is 0.339 e. The molecule has 0 N–H and O–H groups in total. The molecule has 1 aliphatic heterocycles. The summed E-state index contributed by atoms with van der Waals surface area (Å²) in [7, 11) is 1.37. The molecule has 2 aromatic heterocycles. The summed E-state index contributed by atoms with van der Waals surface area (Å²) >= 11 is 0. The number of pyridine rings is 1. The molecule has 19 heavy (non-hydrogen) atoms. The lowest BCUT2D eigenvalue weighted by molar-refractivity contribution is 0.0600. The second kappa shape index (κ2) is 4.97. The molecule has 0 unspecified atom stereocenters. The van der Waals surface area contributed by atoms with Crippen LogP contribution in [0.3, 0.4) is 0 Å². The van der Waals surface area contributed by atoms with Gasteiger partial charge in [0, 0.05) is 6.20 Å². The SMILES string of the molecule is COC(=O)c1ccc2nc(CN3CCCC3)nn2c1. The predicted octanol–water partition coefficient (Wildman–Crippen LogP) is 1.11. The minimum Gasteiger partial charge on any atom is -0.465 e. The van der Waals surface area contributed by atoms with E-state index in [0.29, 0.717) is 5.56 Å². The van der Waals surface area contributed by atoms with Crippen molar-refractivity contribution in [3.8, 4) is 0 Å². The average molecular weight is 260 g/mol. The van der Waals surface area contributed by atoms with Crippen LogP contribution in [0.1, 0.15) is 29.0 Å². The van der Waals surface area contributed by atoms with E-state index in [9.17, 15) is 4.79 Å². The maximum Gasteiger partial charge on any atom is 0.339 e. The largest absolute Gasteiger partial charge is 0.465 e. The molecular formula is C13H16N4O2. The summed E-state index contributed by atoms with van der Waals surface area (Å²) in [4.78, 5) is 18.3. The molecule has 6 nitrogen and oxygen atoms in total. The highest BCUT2D eigenvalue weighted by Crippen LogP contribution is 2.12. The van der Waals surface area contributed by atoms with Crippen LogP contribution in [0, 0.1) is 0 Å². The van der Waals surface area contributed by atoms with Crippen molar-refractivity contribution >= 4 is 11.6 Å². The summed E-state index contributed by atoms with van der Waals surface area (Å²) in [6, 6.07) is 3.49. The monoisotopic (exact) mass is 260 g/mol. The van der Waals surface area contributed by atoms with Gasteiger partial charge in [-0.1, -0.05) is 0 Å². The van der Waals surface area contributed by atoms with Gasteiger partial charge in [-0.15, -0.1) is 5.10 Å². The Kier molecular flexibility index (Phi) is 3.16. The van der Waals surface area contributed by atoms with Crippen molar-refractivity contribution in [3.05, 3.63) is 29.7 Å². The van der Waals surface area contributed by atoms with E-state index in [2.05, 4.69) is 15.0 Å². The number of carbonyl (C=O) groups is 1. The van der Waals surface area contributed by atoms with Crippen LogP contribution in [0.2, 0.25) is 0 Å². The van der Waals surface area contributed by atoms with Crippen molar-refractivity contribution in [2.24, 2.45) is 0 Å². The van der Waals surface area contributed by atoms with Crippen LogP contribution in [-0.2, 0) is 11.3 Å². The molecule has 3 rings (SSSR count). The second-order valence-corrected chi connectivity index (χ2v) is 4.72. The Morgan fingerprint density at radius 2 is 2.16 bits per heavy atom. The van der Waals surface area contributed by atoms with E-state index in [1.165, 1.54) is 20.0 Å². The van der Waals surface area contributed by atoms with Gasteiger partial charge in [0.1, 0.15) is 0 Å². The number of ether oxygens (including phenoxy) is 1. The number of likely N-dealkylation sites (tertiary alicyclic amines) is 1. The predicted molar refractivity (Wildman–Crippen MR) is 68.8 cm³/mol. The van der Waals surface area contributed by atoms with Gasteiger partial charge in [0.2, 0.25) is 0 Å². The number of fused-ring (bicyclic) bond motifs is 1. The quantitative estimate of drug-likeness (QED) is 0.774. The summed E-state index contributed by atoms with van der Waals surface area (Å²) in [5, 5.41) is 4.41. The van der Waals surface area contributed by atoms with E-state index in [1.54, 1.807) is 22.8 Å². The number of hydrogen-bond donors (Lipinski definition) is 0. The van der Waals surface area contributed by atoms with Gasteiger partial charge in [0.15, 0.2) is 11.5 Å². The molecule has 0 saturated carbocycles. The van der Waals surface area contributed by atoms with Crippen LogP contribution in [-0.4, -0.2) is 45.7 Å². The number of nitrogens with zero attached hydrogens (tertiary/aromatic N) is 4. The summed E-state index contributed by atoms with van der Waals surface area (Å²) in [6.07, 6.45) is 4.15. The van der Waals surface area contributed by atoms with Gasteiger partial charge in [-0.05, 0) is 38.1 Å². The minimum atomic E-state index is -0.363. The molecule has 1 aliphatic rings. The van der Waals surface area contributed by atoms with Crippen molar-refractivity contribution in [2.45, 2.75) is 19.4 Å². The van der Waals surface area contributed by atoms with Crippen LogP contribution in [0.5, 0.6) is 0 Å². The normalized spacial score (nSPS) is 16.1. The number of hydrogen-bond acceptors (Lipinski definition) is 5. The van der Waals surface area contributed by atoms with Crippen LogP contribution in [0.15, 0.2) is 18.3 Å². The Hall–Kier alpha value is -1.95. The standard InChI is InChI=1S/C13H16N4O2/c1-19-13(18)10-4-5-12-14-11(15-17(12)8-10)9-16-6-2-3-7-16/h4-5,8H,2-3,6-7,9H2,1H3. The number of carbonyl (C=O) groups excluding carboxylic acids is 1.